The van der Waals surface area contributed by atoms with Crippen molar-refractivity contribution in [2.24, 2.45) is 0 Å². The summed E-state index contributed by atoms with van der Waals surface area (Å²) in [5, 5.41) is 32.7. The molecule has 136 valence electrons. The maximum Gasteiger partial charge on any atom is 0.273 e. The van der Waals surface area contributed by atoms with E-state index < -0.39 is 15.8 Å². The Morgan fingerprint density at radius 1 is 1.07 bits per heavy atom. The number of rotatable bonds is 5. The van der Waals surface area contributed by atoms with Crippen LogP contribution in [0.4, 0.5) is 16.5 Å². The van der Waals surface area contributed by atoms with Crippen molar-refractivity contribution in [1.82, 2.24) is 10.2 Å². The number of nitro benzene ring substituents is 2. The van der Waals surface area contributed by atoms with Crippen molar-refractivity contribution in [2.45, 2.75) is 6.92 Å². The Hall–Kier alpha value is -3.73. The van der Waals surface area contributed by atoms with Crippen LogP contribution in [0.5, 0.6) is 0 Å². The molecular weight excluding hydrogens is 374 g/mol. The molecule has 0 spiro atoms. The smallest absolute Gasteiger partial charge is 0.273 e. The first kappa shape index (κ1) is 18.1. The Kier molecular flexibility index (Phi) is 4.86. The summed E-state index contributed by atoms with van der Waals surface area (Å²) in [6.07, 6.45) is 0. The van der Waals surface area contributed by atoms with Crippen LogP contribution in [0.15, 0.2) is 42.5 Å². The van der Waals surface area contributed by atoms with Crippen molar-refractivity contribution in [2.75, 3.05) is 5.32 Å². The van der Waals surface area contributed by atoms with Gasteiger partial charge in [-0.15, -0.1) is 10.2 Å². The minimum atomic E-state index is -0.570. The number of hydrogen-bond acceptors (Lipinski definition) is 8. The summed E-state index contributed by atoms with van der Waals surface area (Å²) >= 11 is 1.03. The van der Waals surface area contributed by atoms with Gasteiger partial charge in [0.05, 0.1) is 9.85 Å². The lowest BCUT2D eigenvalue weighted by Gasteiger charge is -2.02. The highest BCUT2D eigenvalue weighted by Gasteiger charge is 2.17. The van der Waals surface area contributed by atoms with Gasteiger partial charge >= 0.3 is 0 Å². The van der Waals surface area contributed by atoms with Crippen molar-refractivity contribution in [3.63, 3.8) is 0 Å². The maximum absolute atomic E-state index is 12.3. The quantitative estimate of drug-likeness (QED) is 0.522. The second-order valence-corrected chi connectivity index (χ2v) is 6.41. The van der Waals surface area contributed by atoms with Crippen LogP contribution < -0.4 is 5.32 Å². The van der Waals surface area contributed by atoms with Gasteiger partial charge in [0.2, 0.25) is 5.13 Å². The number of carbonyl (C=O) groups excluding carboxylic acids is 1. The fourth-order valence-electron chi connectivity index (χ4n) is 2.26. The second-order valence-electron chi connectivity index (χ2n) is 5.43. The highest BCUT2D eigenvalue weighted by atomic mass is 32.1. The molecule has 10 nitrogen and oxygen atoms in total. The van der Waals surface area contributed by atoms with Crippen molar-refractivity contribution in [1.29, 1.82) is 0 Å². The van der Waals surface area contributed by atoms with Crippen molar-refractivity contribution in [3.05, 3.63) is 73.8 Å². The van der Waals surface area contributed by atoms with E-state index in [9.17, 15) is 25.0 Å². The van der Waals surface area contributed by atoms with Gasteiger partial charge in [0, 0.05) is 34.9 Å². The molecular formula is C16H11N5O5S. The van der Waals surface area contributed by atoms with E-state index in [0.717, 1.165) is 11.3 Å². The molecule has 0 unspecified atom stereocenters. The third-order valence-electron chi connectivity index (χ3n) is 3.62. The number of hydrogen-bond donors (Lipinski definition) is 1. The third-order valence-corrected chi connectivity index (χ3v) is 4.51. The lowest BCUT2D eigenvalue weighted by Crippen LogP contribution is -2.12. The molecule has 0 aliphatic carbocycles. The summed E-state index contributed by atoms with van der Waals surface area (Å²) in [7, 11) is 0. The Morgan fingerprint density at radius 3 is 2.56 bits per heavy atom. The number of benzene rings is 2. The van der Waals surface area contributed by atoms with E-state index in [0.29, 0.717) is 16.1 Å². The summed E-state index contributed by atoms with van der Waals surface area (Å²) < 4.78 is 0. The fourth-order valence-corrected chi connectivity index (χ4v) is 2.99. The number of nitrogens with one attached hydrogen (secondary N) is 1. The number of carbonyl (C=O) groups is 1. The normalized spacial score (nSPS) is 10.4. The largest absolute Gasteiger partial charge is 0.296 e. The first-order valence-electron chi connectivity index (χ1n) is 7.50. The fraction of sp³-hybridized carbons (Fsp3) is 0.0625. The monoisotopic (exact) mass is 385 g/mol. The molecule has 2 aromatic carbocycles. The van der Waals surface area contributed by atoms with Gasteiger partial charge in [-0.3, -0.25) is 30.3 Å². The molecule has 27 heavy (non-hydrogen) atoms. The van der Waals surface area contributed by atoms with Gasteiger partial charge in [-0.05, 0) is 13.0 Å². The molecule has 0 saturated carbocycles. The van der Waals surface area contributed by atoms with Crippen molar-refractivity contribution in [3.8, 4) is 10.6 Å². The van der Waals surface area contributed by atoms with E-state index in [1.807, 2.05) is 0 Å². The van der Waals surface area contributed by atoms with E-state index >= 15 is 0 Å². The molecule has 3 rings (SSSR count). The molecule has 1 N–H and O–H groups in total. The van der Waals surface area contributed by atoms with Gasteiger partial charge in [-0.2, -0.15) is 0 Å². The molecule has 0 fully saturated rings. The minimum Gasteiger partial charge on any atom is -0.296 e. The summed E-state index contributed by atoms with van der Waals surface area (Å²) in [5.74, 6) is -0.570. The van der Waals surface area contributed by atoms with Gasteiger partial charge in [0.1, 0.15) is 5.01 Å². The molecule has 0 saturated heterocycles. The van der Waals surface area contributed by atoms with Crippen molar-refractivity contribution < 1.29 is 14.6 Å². The number of non-ortho nitro benzene ring substituents is 1. The highest BCUT2D eigenvalue weighted by Crippen LogP contribution is 2.29. The zero-order chi connectivity index (χ0) is 19.6. The maximum atomic E-state index is 12.3. The Bertz CT molecular complexity index is 1060. The number of nitro groups is 2. The number of amides is 1. The molecule has 0 aliphatic heterocycles. The summed E-state index contributed by atoms with van der Waals surface area (Å²) in [4.78, 5) is 33.1. The van der Waals surface area contributed by atoms with E-state index in [4.69, 9.17) is 0 Å². The SMILES string of the molecule is Cc1ccc(C(=O)Nc2nnc(-c3cccc([N+](=O)[O-])c3)s2)cc1[N+](=O)[O-]. The predicted octanol–water partition coefficient (Wildman–Crippen LogP) is 3.58. The van der Waals surface area contributed by atoms with Crippen LogP contribution in [-0.2, 0) is 0 Å². The van der Waals surface area contributed by atoms with Crippen LogP contribution in [0.1, 0.15) is 15.9 Å². The lowest BCUT2D eigenvalue weighted by molar-refractivity contribution is -0.385. The first-order valence-corrected chi connectivity index (χ1v) is 8.31. The lowest BCUT2D eigenvalue weighted by atomic mass is 10.1. The molecule has 0 aliphatic rings. The van der Waals surface area contributed by atoms with E-state index in [1.165, 1.54) is 36.4 Å². The van der Waals surface area contributed by atoms with Gasteiger partial charge in [-0.25, -0.2) is 0 Å². The number of nitrogens with zero attached hydrogens (tertiary/aromatic N) is 4. The Balaban J connectivity index is 1.81. The number of aromatic nitrogens is 2. The molecule has 1 amide bonds. The van der Waals surface area contributed by atoms with Gasteiger partial charge in [0.25, 0.3) is 17.3 Å². The molecule has 11 heteroatoms. The average Bonchev–Trinajstić information content (AvgIpc) is 3.10. The average molecular weight is 385 g/mol. The number of aryl methyl sites for hydroxylation is 1. The van der Waals surface area contributed by atoms with Crippen LogP contribution in [0.3, 0.4) is 0 Å². The third kappa shape index (κ3) is 3.93. The van der Waals surface area contributed by atoms with Crippen LogP contribution in [0.25, 0.3) is 10.6 Å². The molecule has 1 heterocycles. The topological polar surface area (TPSA) is 141 Å². The molecule has 1 aromatic heterocycles. The van der Waals surface area contributed by atoms with Gasteiger partial charge < -0.3 is 0 Å². The first-order chi connectivity index (χ1) is 12.8. The minimum absolute atomic E-state index is 0.0831. The summed E-state index contributed by atoms with van der Waals surface area (Å²) in [6, 6.07) is 10.0. The molecule has 0 bridgehead atoms. The van der Waals surface area contributed by atoms with E-state index in [-0.39, 0.29) is 22.1 Å². The zero-order valence-corrected chi connectivity index (χ0v) is 14.6. The van der Waals surface area contributed by atoms with E-state index in [1.54, 1.807) is 13.0 Å². The van der Waals surface area contributed by atoms with Crippen molar-refractivity contribution >= 4 is 33.8 Å². The second kappa shape index (κ2) is 7.25. The van der Waals surface area contributed by atoms with Crippen LogP contribution in [-0.4, -0.2) is 26.0 Å². The van der Waals surface area contributed by atoms with Crippen LogP contribution >= 0.6 is 11.3 Å². The van der Waals surface area contributed by atoms with Gasteiger partial charge in [-0.1, -0.05) is 29.5 Å². The Morgan fingerprint density at radius 2 is 1.85 bits per heavy atom. The predicted molar refractivity (Wildman–Crippen MR) is 97.8 cm³/mol. The van der Waals surface area contributed by atoms with Crippen LogP contribution in [0, 0.1) is 27.2 Å². The zero-order valence-electron chi connectivity index (χ0n) is 13.8. The summed E-state index contributed by atoms with van der Waals surface area (Å²) in [5.41, 5.74) is 0.811. The van der Waals surface area contributed by atoms with Gasteiger partial charge in [0.15, 0.2) is 0 Å². The Labute approximate surface area is 155 Å². The molecule has 3 aromatic rings. The van der Waals surface area contributed by atoms with Crippen LogP contribution in [0.2, 0.25) is 0 Å². The number of anilines is 1. The van der Waals surface area contributed by atoms with E-state index in [2.05, 4.69) is 15.5 Å². The standard InChI is InChI=1S/C16H11N5O5S/c1-9-5-6-10(8-13(9)21(25)26)14(22)17-16-19-18-15(27-16)11-3-2-4-12(7-11)20(23)24/h2-8H,1H3,(H,17,19,22). The highest BCUT2D eigenvalue weighted by molar-refractivity contribution is 7.18. The summed E-state index contributed by atoms with van der Waals surface area (Å²) in [6.45, 7) is 1.58. The molecule has 0 radical (unpaired) electrons. The molecule has 0 atom stereocenters.